The molecular formula is C10H13ClF3NO. The number of alkyl halides is 3. The number of rotatable bonds is 4. The smallest absolute Gasteiger partial charge is 0.391 e. The maximum atomic E-state index is 11.7. The summed E-state index contributed by atoms with van der Waals surface area (Å²) in [5.41, 5.74) is 6.85. The number of nitrogen functional groups attached to an aromatic ring is 1. The van der Waals surface area contributed by atoms with Gasteiger partial charge in [-0.05, 0) is 17.7 Å². The fourth-order valence-electron chi connectivity index (χ4n) is 1.06. The van der Waals surface area contributed by atoms with Gasteiger partial charge in [-0.15, -0.1) is 12.4 Å². The van der Waals surface area contributed by atoms with Gasteiger partial charge in [-0.2, -0.15) is 13.2 Å². The molecule has 6 heteroatoms. The summed E-state index contributed by atoms with van der Waals surface area (Å²) in [5.74, 6) is 0. The van der Waals surface area contributed by atoms with Gasteiger partial charge in [-0.3, -0.25) is 0 Å². The van der Waals surface area contributed by atoms with Crippen molar-refractivity contribution in [2.75, 3.05) is 12.3 Å². The second-order valence-electron chi connectivity index (χ2n) is 3.16. The number of hydrogen-bond acceptors (Lipinski definition) is 2. The molecule has 0 saturated heterocycles. The van der Waals surface area contributed by atoms with Crippen LogP contribution < -0.4 is 5.73 Å². The highest BCUT2D eigenvalue weighted by atomic mass is 35.5. The fourth-order valence-corrected chi connectivity index (χ4v) is 1.06. The molecule has 92 valence electrons. The lowest BCUT2D eigenvalue weighted by atomic mass is 10.2. The van der Waals surface area contributed by atoms with E-state index in [1.54, 1.807) is 24.3 Å². The minimum absolute atomic E-state index is 0. The van der Waals surface area contributed by atoms with Crippen LogP contribution in [0.15, 0.2) is 24.3 Å². The molecule has 0 heterocycles. The van der Waals surface area contributed by atoms with Crippen LogP contribution in [0, 0.1) is 0 Å². The van der Waals surface area contributed by atoms with Crippen molar-refractivity contribution in [1.29, 1.82) is 0 Å². The Kier molecular flexibility index (Phi) is 6.21. The van der Waals surface area contributed by atoms with Crippen LogP contribution >= 0.6 is 12.4 Å². The predicted molar refractivity (Wildman–Crippen MR) is 58.4 cm³/mol. The lowest BCUT2D eigenvalue weighted by Gasteiger charge is -2.07. The van der Waals surface area contributed by atoms with E-state index < -0.39 is 12.6 Å². The molecule has 0 spiro atoms. The van der Waals surface area contributed by atoms with Gasteiger partial charge in [-0.25, -0.2) is 0 Å². The average Bonchev–Trinajstić information content (AvgIpc) is 2.11. The number of hydrogen-bond donors (Lipinski definition) is 1. The molecule has 0 aromatic heterocycles. The van der Waals surface area contributed by atoms with Crippen molar-refractivity contribution in [3.05, 3.63) is 29.8 Å². The predicted octanol–water partition coefficient (Wildman–Crippen LogP) is 3.16. The minimum Gasteiger partial charge on any atom is -0.399 e. The van der Waals surface area contributed by atoms with E-state index >= 15 is 0 Å². The summed E-state index contributed by atoms with van der Waals surface area (Å²) in [6.07, 6.45) is -5.08. The third-order valence-corrected chi connectivity index (χ3v) is 1.75. The number of halogens is 4. The molecule has 1 aromatic carbocycles. The molecule has 0 amide bonds. The van der Waals surface area contributed by atoms with Gasteiger partial charge in [-0.1, -0.05) is 12.1 Å². The summed E-state index contributed by atoms with van der Waals surface area (Å²) < 4.78 is 40.1. The topological polar surface area (TPSA) is 35.2 Å². The van der Waals surface area contributed by atoms with Crippen LogP contribution in [-0.4, -0.2) is 12.8 Å². The third kappa shape index (κ3) is 6.53. The van der Waals surface area contributed by atoms with Gasteiger partial charge < -0.3 is 10.5 Å². The standard InChI is InChI=1S/C10H12F3NO.ClH/c11-10(12,13)4-5-15-7-8-2-1-3-9(14)6-8;/h1-3,6H,4-5,7,14H2;1H. The first-order valence-electron chi connectivity index (χ1n) is 4.46. The molecule has 0 bridgehead atoms. The normalized spacial score (nSPS) is 10.9. The minimum atomic E-state index is -4.16. The molecule has 16 heavy (non-hydrogen) atoms. The van der Waals surface area contributed by atoms with Crippen molar-refractivity contribution in [2.45, 2.75) is 19.2 Å². The SMILES string of the molecule is Cl.Nc1cccc(COCCC(F)(F)F)c1. The number of nitrogens with two attached hydrogens (primary N) is 1. The van der Waals surface area contributed by atoms with Gasteiger partial charge >= 0.3 is 6.18 Å². The van der Waals surface area contributed by atoms with Gasteiger partial charge in [0.25, 0.3) is 0 Å². The molecule has 0 atom stereocenters. The molecule has 0 fully saturated rings. The van der Waals surface area contributed by atoms with Gasteiger partial charge in [0.05, 0.1) is 19.6 Å². The quantitative estimate of drug-likeness (QED) is 0.663. The maximum absolute atomic E-state index is 11.7. The van der Waals surface area contributed by atoms with Gasteiger partial charge in [0.2, 0.25) is 0 Å². The van der Waals surface area contributed by atoms with Crippen molar-refractivity contribution in [3.8, 4) is 0 Å². The van der Waals surface area contributed by atoms with Crippen LogP contribution in [0.2, 0.25) is 0 Å². The molecule has 1 rings (SSSR count). The molecule has 0 aliphatic rings. The maximum Gasteiger partial charge on any atom is 0.391 e. The summed E-state index contributed by atoms with van der Waals surface area (Å²) in [6, 6.07) is 6.87. The number of ether oxygens (including phenoxy) is 1. The largest absolute Gasteiger partial charge is 0.399 e. The Morgan fingerprint density at radius 3 is 2.50 bits per heavy atom. The molecule has 0 unspecified atom stereocenters. The highest BCUT2D eigenvalue weighted by Gasteiger charge is 2.26. The van der Waals surface area contributed by atoms with Crippen molar-refractivity contribution in [1.82, 2.24) is 0 Å². The highest BCUT2D eigenvalue weighted by Crippen LogP contribution is 2.19. The summed E-state index contributed by atoms with van der Waals surface area (Å²) >= 11 is 0. The van der Waals surface area contributed by atoms with E-state index in [1.807, 2.05) is 0 Å². The van der Waals surface area contributed by atoms with Gasteiger partial charge in [0.1, 0.15) is 0 Å². The summed E-state index contributed by atoms with van der Waals surface area (Å²) in [6.45, 7) is -0.167. The van der Waals surface area contributed by atoms with E-state index in [-0.39, 0.29) is 25.6 Å². The van der Waals surface area contributed by atoms with Crippen molar-refractivity contribution in [2.24, 2.45) is 0 Å². The van der Waals surface area contributed by atoms with Gasteiger partial charge in [0, 0.05) is 5.69 Å². The zero-order valence-corrected chi connectivity index (χ0v) is 9.27. The second kappa shape index (κ2) is 6.60. The van der Waals surface area contributed by atoms with Gasteiger partial charge in [0.15, 0.2) is 0 Å². The van der Waals surface area contributed by atoms with Crippen molar-refractivity contribution < 1.29 is 17.9 Å². The molecule has 2 N–H and O–H groups in total. The van der Waals surface area contributed by atoms with E-state index in [1.165, 1.54) is 0 Å². The van der Waals surface area contributed by atoms with Crippen LogP contribution in [0.25, 0.3) is 0 Å². The summed E-state index contributed by atoms with van der Waals surface area (Å²) in [5, 5.41) is 0. The van der Waals surface area contributed by atoms with Crippen molar-refractivity contribution >= 4 is 18.1 Å². The summed E-state index contributed by atoms with van der Waals surface area (Å²) in [7, 11) is 0. The zero-order valence-electron chi connectivity index (χ0n) is 8.46. The van der Waals surface area contributed by atoms with Crippen LogP contribution in [0.5, 0.6) is 0 Å². The molecular weight excluding hydrogens is 243 g/mol. The molecule has 1 aromatic rings. The van der Waals surface area contributed by atoms with Crippen LogP contribution in [-0.2, 0) is 11.3 Å². The van der Waals surface area contributed by atoms with Crippen LogP contribution in [0.1, 0.15) is 12.0 Å². The molecule has 2 nitrogen and oxygen atoms in total. The third-order valence-electron chi connectivity index (χ3n) is 1.75. The highest BCUT2D eigenvalue weighted by molar-refractivity contribution is 5.85. The van der Waals surface area contributed by atoms with Crippen LogP contribution in [0.4, 0.5) is 18.9 Å². The Bertz CT molecular complexity index is 317. The number of benzene rings is 1. The first-order chi connectivity index (χ1) is 6.97. The zero-order chi connectivity index (χ0) is 11.3. The second-order valence-corrected chi connectivity index (χ2v) is 3.16. The molecule has 0 aliphatic carbocycles. The van der Waals surface area contributed by atoms with E-state index in [2.05, 4.69) is 0 Å². The Balaban J connectivity index is 0.00000225. The number of anilines is 1. The average molecular weight is 256 g/mol. The molecule has 0 aliphatic heterocycles. The molecule has 0 radical (unpaired) electrons. The Morgan fingerprint density at radius 2 is 1.94 bits per heavy atom. The van der Waals surface area contributed by atoms with Crippen LogP contribution in [0.3, 0.4) is 0 Å². The molecule has 0 saturated carbocycles. The Hall–Kier alpha value is -0.940. The Morgan fingerprint density at radius 1 is 1.25 bits per heavy atom. The summed E-state index contributed by atoms with van der Waals surface area (Å²) in [4.78, 5) is 0. The van der Waals surface area contributed by atoms with E-state index in [0.29, 0.717) is 5.69 Å². The first kappa shape index (κ1) is 15.1. The van der Waals surface area contributed by atoms with E-state index in [0.717, 1.165) is 5.56 Å². The first-order valence-corrected chi connectivity index (χ1v) is 4.46. The lowest BCUT2D eigenvalue weighted by Crippen LogP contribution is -2.11. The Labute approximate surface area is 98.0 Å². The fraction of sp³-hybridized carbons (Fsp3) is 0.400. The van der Waals surface area contributed by atoms with E-state index in [4.69, 9.17) is 10.5 Å². The monoisotopic (exact) mass is 255 g/mol. The lowest BCUT2D eigenvalue weighted by molar-refractivity contribution is -0.146. The van der Waals surface area contributed by atoms with E-state index in [9.17, 15) is 13.2 Å². The van der Waals surface area contributed by atoms with Crippen molar-refractivity contribution in [3.63, 3.8) is 0 Å².